The Labute approximate surface area is 173 Å². The van der Waals surface area contributed by atoms with Gasteiger partial charge < -0.3 is 15.1 Å². The number of nitrogens with one attached hydrogen (secondary N) is 1. The third-order valence-corrected chi connectivity index (χ3v) is 5.69. The zero-order valence-electron chi connectivity index (χ0n) is 17.4. The van der Waals surface area contributed by atoms with Crippen LogP contribution in [0, 0.1) is 5.92 Å². The van der Waals surface area contributed by atoms with Gasteiger partial charge in [0.05, 0.1) is 23.6 Å². The Morgan fingerprint density at radius 1 is 1.10 bits per heavy atom. The minimum atomic E-state index is 0.129. The van der Waals surface area contributed by atoms with E-state index < -0.39 is 0 Å². The van der Waals surface area contributed by atoms with Crippen molar-refractivity contribution in [1.82, 2.24) is 15.2 Å². The van der Waals surface area contributed by atoms with Crippen LogP contribution in [0.1, 0.15) is 26.0 Å². The molecule has 6 heteroatoms. The van der Waals surface area contributed by atoms with Crippen LogP contribution in [-0.4, -0.2) is 54.7 Å². The van der Waals surface area contributed by atoms with Crippen LogP contribution in [0.3, 0.4) is 0 Å². The Morgan fingerprint density at radius 2 is 1.90 bits per heavy atom. The molecule has 6 nitrogen and oxygen atoms in total. The number of hydrogen-bond acceptors (Lipinski definition) is 4. The molecular formula is C23H31N5O. The van der Waals surface area contributed by atoms with Crippen molar-refractivity contribution in [2.75, 3.05) is 42.5 Å². The number of carbonyl (C=O) groups is 1. The van der Waals surface area contributed by atoms with E-state index in [9.17, 15) is 4.79 Å². The van der Waals surface area contributed by atoms with Crippen molar-refractivity contribution < 1.29 is 4.79 Å². The number of rotatable bonds is 5. The number of para-hydroxylation sites is 2. The first-order valence-corrected chi connectivity index (χ1v) is 10.7. The highest BCUT2D eigenvalue weighted by atomic mass is 16.2. The summed E-state index contributed by atoms with van der Waals surface area (Å²) in [5.74, 6) is 0.624. The molecule has 3 heterocycles. The van der Waals surface area contributed by atoms with Crippen molar-refractivity contribution in [3.05, 3.63) is 54.4 Å². The summed E-state index contributed by atoms with van der Waals surface area (Å²) in [7, 11) is 0. The zero-order valence-corrected chi connectivity index (χ0v) is 17.4. The quantitative estimate of drug-likeness (QED) is 0.846. The SMILES string of the molecule is CC(C)CNC1CCN(C(=O)N2CCN(Cc3ccccn3)c3ccccc32)C1. The molecule has 0 aliphatic carbocycles. The second-order valence-corrected chi connectivity index (χ2v) is 8.40. The van der Waals surface area contributed by atoms with E-state index in [1.165, 1.54) is 0 Å². The van der Waals surface area contributed by atoms with E-state index in [1.807, 2.05) is 40.3 Å². The largest absolute Gasteiger partial charge is 0.362 e. The van der Waals surface area contributed by atoms with Gasteiger partial charge in [-0.1, -0.05) is 32.0 Å². The number of aromatic nitrogens is 1. The fourth-order valence-corrected chi connectivity index (χ4v) is 4.15. The summed E-state index contributed by atoms with van der Waals surface area (Å²) in [6.07, 6.45) is 2.86. The summed E-state index contributed by atoms with van der Waals surface area (Å²) in [6, 6.07) is 14.8. The number of nitrogens with zero attached hydrogens (tertiary/aromatic N) is 4. The molecule has 0 bridgehead atoms. The highest BCUT2D eigenvalue weighted by Gasteiger charge is 2.33. The molecule has 1 aromatic carbocycles. The van der Waals surface area contributed by atoms with Crippen LogP contribution in [0.2, 0.25) is 0 Å². The van der Waals surface area contributed by atoms with Gasteiger partial charge in [-0.2, -0.15) is 0 Å². The standard InChI is InChI=1S/C23H31N5O/c1-18(2)15-25-20-10-12-27(17-20)23(29)28-14-13-26(16-19-7-5-6-11-24-19)21-8-3-4-9-22(21)28/h3-9,11,18,20,25H,10,12-17H2,1-2H3. The van der Waals surface area contributed by atoms with E-state index in [2.05, 4.69) is 47.2 Å². The first-order valence-electron chi connectivity index (χ1n) is 10.7. The van der Waals surface area contributed by atoms with Gasteiger partial charge >= 0.3 is 6.03 Å². The van der Waals surface area contributed by atoms with Gasteiger partial charge in [0, 0.05) is 38.4 Å². The Bertz CT molecular complexity index is 825. The maximum Gasteiger partial charge on any atom is 0.324 e. The number of amides is 2. The zero-order chi connectivity index (χ0) is 20.2. The fraction of sp³-hybridized carbons (Fsp3) is 0.478. The Balaban J connectivity index is 1.46. The lowest BCUT2D eigenvalue weighted by atomic mass is 10.1. The lowest BCUT2D eigenvalue weighted by molar-refractivity contribution is 0.214. The molecule has 2 aromatic rings. The molecule has 1 saturated heterocycles. The summed E-state index contributed by atoms with van der Waals surface area (Å²) in [5.41, 5.74) is 3.14. The predicted octanol–water partition coefficient (Wildman–Crippen LogP) is 3.35. The molecule has 29 heavy (non-hydrogen) atoms. The molecule has 154 valence electrons. The molecule has 0 spiro atoms. The highest BCUT2D eigenvalue weighted by Crippen LogP contribution is 2.34. The Morgan fingerprint density at radius 3 is 2.66 bits per heavy atom. The van der Waals surface area contributed by atoms with Crippen LogP contribution in [0.25, 0.3) is 0 Å². The number of hydrogen-bond donors (Lipinski definition) is 1. The number of fused-ring (bicyclic) bond motifs is 1. The van der Waals surface area contributed by atoms with Gasteiger partial charge in [-0.25, -0.2) is 4.79 Å². The molecule has 2 aliphatic heterocycles. The van der Waals surface area contributed by atoms with Crippen molar-refractivity contribution >= 4 is 17.4 Å². The van der Waals surface area contributed by atoms with Crippen molar-refractivity contribution in [3.63, 3.8) is 0 Å². The van der Waals surface area contributed by atoms with Crippen LogP contribution in [0.5, 0.6) is 0 Å². The van der Waals surface area contributed by atoms with Crippen molar-refractivity contribution in [2.24, 2.45) is 5.92 Å². The number of urea groups is 1. The fourth-order valence-electron chi connectivity index (χ4n) is 4.15. The number of likely N-dealkylation sites (tertiary alicyclic amines) is 1. The van der Waals surface area contributed by atoms with E-state index in [0.29, 0.717) is 18.5 Å². The normalized spacial score (nSPS) is 19.0. The minimum absolute atomic E-state index is 0.129. The van der Waals surface area contributed by atoms with Crippen molar-refractivity contribution in [3.8, 4) is 0 Å². The van der Waals surface area contributed by atoms with Crippen LogP contribution in [0.4, 0.5) is 16.2 Å². The summed E-state index contributed by atoms with van der Waals surface area (Å²) >= 11 is 0. The van der Waals surface area contributed by atoms with Crippen molar-refractivity contribution in [1.29, 1.82) is 0 Å². The molecule has 1 N–H and O–H groups in total. The molecule has 0 radical (unpaired) electrons. The number of carbonyl (C=O) groups excluding carboxylic acids is 1. The van der Waals surface area contributed by atoms with Crippen LogP contribution >= 0.6 is 0 Å². The molecule has 1 aromatic heterocycles. The average molecular weight is 394 g/mol. The van der Waals surface area contributed by atoms with E-state index in [4.69, 9.17) is 0 Å². The van der Waals surface area contributed by atoms with E-state index in [0.717, 1.165) is 56.2 Å². The summed E-state index contributed by atoms with van der Waals surface area (Å²) in [6.45, 7) is 9.31. The first-order chi connectivity index (χ1) is 14.1. The van der Waals surface area contributed by atoms with E-state index >= 15 is 0 Å². The lowest BCUT2D eigenvalue weighted by Crippen LogP contribution is -2.49. The summed E-state index contributed by atoms with van der Waals surface area (Å²) in [5, 5.41) is 3.59. The highest BCUT2D eigenvalue weighted by molar-refractivity contribution is 5.97. The van der Waals surface area contributed by atoms with Gasteiger partial charge in [-0.05, 0) is 43.1 Å². The molecule has 1 unspecified atom stereocenters. The van der Waals surface area contributed by atoms with Crippen LogP contribution < -0.4 is 15.1 Å². The third kappa shape index (κ3) is 4.53. The minimum Gasteiger partial charge on any atom is -0.362 e. The van der Waals surface area contributed by atoms with Crippen molar-refractivity contribution in [2.45, 2.75) is 32.9 Å². The monoisotopic (exact) mass is 393 g/mol. The summed E-state index contributed by atoms with van der Waals surface area (Å²) < 4.78 is 0. The second kappa shape index (κ2) is 8.82. The number of anilines is 2. The predicted molar refractivity (Wildman–Crippen MR) is 117 cm³/mol. The Kier molecular flexibility index (Phi) is 6.00. The molecule has 2 amide bonds. The lowest BCUT2D eigenvalue weighted by Gasteiger charge is -2.39. The average Bonchev–Trinajstić information content (AvgIpc) is 3.22. The first kappa shape index (κ1) is 19.7. The van der Waals surface area contributed by atoms with Gasteiger partial charge in [0.25, 0.3) is 0 Å². The van der Waals surface area contributed by atoms with Gasteiger partial charge in [0.2, 0.25) is 0 Å². The van der Waals surface area contributed by atoms with Gasteiger partial charge in [-0.15, -0.1) is 0 Å². The smallest absolute Gasteiger partial charge is 0.324 e. The molecule has 1 fully saturated rings. The second-order valence-electron chi connectivity index (χ2n) is 8.40. The van der Waals surface area contributed by atoms with Gasteiger partial charge in [0.1, 0.15) is 0 Å². The molecule has 1 atom stereocenters. The molecule has 2 aliphatic rings. The third-order valence-electron chi connectivity index (χ3n) is 5.69. The maximum absolute atomic E-state index is 13.3. The van der Waals surface area contributed by atoms with Gasteiger partial charge in [0.15, 0.2) is 0 Å². The van der Waals surface area contributed by atoms with Crippen LogP contribution in [-0.2, 0) is 6.54 Å². The summed E-state index contributed by atoms with van der Waals surface area (Å²) in [4.78, 5) is 24.0. The van der Waals surface area contributed by atoms with Gasteiger partial charge in [-0.3, -0.25) is 9.88 Å². The van der Waals surface area contributed by atoms with E-state index in [-0.39, 0.29) is 6.03 Å². The topological polar surface area (TPSA) is 51.7 Å². The Hall–Kier alpha value is -2.60. The van der Waals surface area contributed by atoms with Crippen LogP contribution in [0.15, 0.2) is 48.7 Å². The number of pyridine rings is 1. The van der Waals surface area contributed by atoms with E-state index in [1.54, 1.807) is 0 Å². The molecule has 0 saturated carbocycles. The maximum atomic E-state index is 13.3. The number of benzene rings is 1. The molecule has 4 rings (SSSR count). The molecular weight excluding hydrogens is 362 g/mol.